The summed E-state index contributed by atoms with van der Waals surface area (Å²) in [6.45, 7) is 7.93. The molecule has 0 aliphatic carbocycles. The van der Waals surface area contributed by atoms with Gasteiger partial charge >= 0.3 is 5.97 Å². The van der Waals surface area contributed by atoms with E-state index in [-0.39, 0.29) is 24.0 Å². The van der Waals surface area contributed by atoms with E-state index in [1.807, 2.05) is 39.8 Å². The van der Waals surface area contributed by atoms with E-state index in [1.165, 1.54) is 13.4 Å². The molecule has 0 saturated heterocycles. The molecule has 1 amide bonds. The normalized spacial score (nSPS) is 11.2. The van der Waals surface area contributed by atoms with Gasteiger partial charge in [0.15, 0.2) is 5.69 Å². The molecule has 0 unspecified atom stereocenters. The molecule has 6 heteroatoms. The molecular formula is C18H22N2O4. The van der Waals surface area contributed by atoms with Gasteiger partial charge in [0.1, 0.15) is 6.26 Å². The SMILES string of the molecule is COC(=O)c1coc(CN(C(=O)c2ccc(C)cc2)C(C)(C)C)n1. The third kappa shape index (κ3) is 4.01. The highest BCUT2D eigenvalue weighted by molar-refractivity contribution is 5.94. The minimum Gasteiger partial charge on any atom is -0.464 e. The van der Waals surface area contributed by atoms with Gasteiger partial charge in [0, 0.05) is 11.1 Å². The van der Waals surface area contributed by atoms with Crippen molar-refractivity contribution >= 4 is 11.9 Å². The highest BCUT2D eigenvalue weighted by atomic mass is 16.5. The number of amides is 1. The van der Waals surface area contributed by atoms with E-state index < -0.39 is 11.5 Å². The van der Waals surface area contributed by atoms with E-state index in [2.05, 4.69) is 9.72 Å². The Bertz CT molecular complexity index is 726. The number of benzene rings is 1. The topological polar surface area (TPSA) is 72.6 Å². The number of ether oxygens (including phenoxy) is 1. The summed E-state index contributed by atoms with van der Waals surface area (Å²) in [7, 11) is 1.28. The average molecular weight is 330 g/mol. The molecule has 1 heterocycles. The fourth-order valence-corrected chi connectivity index (χ4v) is 2.18. The third-order valence-corrected chi connectivity index (χ3v) is 3.59. The smallest absolute Gasteiger partial charge is 0.360 e. The maximum atomic E-state index is 12.9. The quantitative estimate of drug-likeness (QED) is 0.805. The Morgan fingerprint density at radius 2 is 1.83 bits per heavy atom. The van der Waals surface area contributed by atoms with Gasteiger partial charge in [-0.15, -0.1) is 0 Å². The van der Waals surface area contributed by atoms with Crippen LogP contribution in [0, 0.1) is 6.92 Å². The van der Waals surface area contributed by atoms with Gasteiger partial charge in [-0.3, -0.25) is 4.79 Å². The molecule has 0 aliphatic rings. The first-order chi connectivity index (χ1) is 11.2. The lowest BCUT2D eigenvalue weighted by molar-refractivity contribution is 0.0532. The largest absolute Gasteiger partial charge is 0.464 e. The van der Waals surface area contributed by atoms with E-state index in [4.69, 9.17) is 4.42 Å². The molecule has 0 spiro atoms. The van der Waals surface area contributed by atoms with Crippen LogP contribution in [0.5, 0.6) is 0 Å². The van der Waals surface area contributed by atoms with Gasteiger partial charge in [-0.05, 0) is 39.8 Å². The second kappa shape index (κ2) is 6.86. The van der Waals surface area contributed by atoms with Crippen molar-refractivity contribution in [2.24, 2.45) is 0 Å². The summed E-state index contributed by atoms with van der Waals surface area (Å²) in [5.74, 6) is -0.414. The second-order valence-corrected chi connectivity index (χ2v) is 6.55. The Hall–Kier alpha value is -2.63. The number of carbonyl (C=O) groups is 2. The van der Waals surface area contributed by atoms with Gasteiger partial charge in [-0.2, -0.15) is 0 Å². The maximum Gasteiger partial charge on any atom is 0.360 e. The van der Waals surface area contributed by atoms with Crippen molar-refractivity contribution in [3.8, 4) is 0 Å². The molecule has 2 rings (SSSR count). The summed E-state index contributed by atoms with van der Waals surface area (Å²) in [5, 5.41) is 0. The number of nitrogens with zero attached hydrogens (tertiary/aromatic N) is 2. The predicted molar refractivity (Wildman–Crippen MR) is 88.6 cm³/mol. The van der Waals surface area contributed by atoms with E-state index >= 15 is 0 Å². The van der Waals surface area contributed by atoms with Crippen molar-refractivity contribution in [2.75, 3.05) is 7.11 Å². The van der Waals surface area contributed by atoms with Crippen molar-refractivity contribution in [3.63, 3.8) is 0 Å². The molecule has 0 N–H and O–H groups in total. The number of carbonyl (C=O) groups excluding carboxylic acids is 2. The zero-order valence-corrected chi connectivity index (χ0v) is 14.6. The Balaban J connectivity index is 2.26. The van der Waals surface area contributed by atoms with Crippen molar-refractivity contribution in [2.45, 2.75) is 39.8 Å². The lowest BCUT2D eigenvalue weighted by Gasteiger charge is -2.34. The van der Waals surface area contributed by atoms with Gasteiger partial charge in [-0.1, -0.05) is 17.7 Å². The van der Waals surface area contributed by atoms with Crippen LogP contribution in [-0.2, 0) is 11.3 Å². The van der Waals surface area contributed by atoms with Crippen LogP contribution in [0.25, 0.3) is 0 Å². The van der Waals surface area contributed by atoms with Crippen LogP contribution in [0.4, 0.5) is 0 Å². The van der Waals surface area contributed by atoms with Crippen molar-refractivity contribution in [1.29, 1.82) is 0 Å². The number of oxazole rings is 1. The van der Waals surface area contributed by atoms with E-state index in [0.717, 1.165) is 5.56 Å². The summed E-state index contributed by atoms with van der Waals surface area (Å²) in [6.07, 6.45) is 1.23. The summed E-state index contributed by atoms with van der Waals surface area (Å²) in [4.78, 5) is 30.1. The number of aromatic nitrogens is 1. The standard InChI is InChI=1S/C18H22N2O4/c1-12-6-8-13(9-7-12)16(21)20(18(2,3)4)10-15-19-14(11-24-15)17(22)23-5/h6-9,11H,10H2,1-5H3. The van der Waals surface area contributed by atoms with E-state index in [0.29, 0.717) is 5.56 Å². The molecule has 6 nitrogen and oxygen atoms in total. The van der Waals surface area contributed by atoms with Gasteiger partial charge in [0.25, 0.3) is 5.91 Å². The Kier molecular flexibility index (Phi) is 5.07. The zero-order valence-electron chi connectivity index (χ0n) is 14.6. The van der Waals surface area contributed by atoms with Crippen LogP contribution in [0.3, 0.4) is 0 Å². The molecule has 0 radical (unpaired) electrons. The number of aryl methyl sites for hydroxylation is 1. The van der Waals surface area contributed by atoms with Crippen molar-refractivity contribution < 1.29 is 18.7 Å². The molecule has 0 bridgehead atoms. The fourth-order valence-electron chi connectivity index (χ4n) is 2.18. The monoisotopic (exact) mass is 330 g/mol. The molecule has 0 atom stereocenters. The molecule has 0 fully saturated rings. The molecule has 1 aromatic carbocycles. The number of methoxy groups -OCH3 is 1. The number of rotatable bonds is 4. The van der Waals surface area contributed by atoms with Crippen LogP contribution in [0.15, 0.2) is 34.9 Å². The minimum absolute atomic E-state index is 0.0872. The van der Waals surface area contributed by atoms with Crippen LogP contribution in [0.2, 0.25) is 0 Å². The minimum atomic E-state index is -0.572. The Morgan fingerprint density at radius 1 is 1.21 bits per heavy atom. The molecule has 1 aromatic heterocycles. The predicted octanol–water partition coefficient (Wildman–Crippen LogP) is 3.21. The molecule has 24 heavy (non-hydrogen) atoms. The molecule has 0 aliphatic heterocycles. The van der Waals surface area contributed by atoms with Crippen LogP contribution < -0.4 is 0 Å². The highest BCUT2D eigenvalue weighted by Crippen LogP contribution is 2.21. The Labute approximate surface area is 141 Å². The van der Waals surface area contributed by atoms with E-state index in [1.54, 1.807) is 17.0 Å². The van der Waals surface area contributed by atoms with Crippen LogP contribution >= 0.6 is 0 Å². The summed E-state index contributed by atoms with van der Waals surface area (Å²) >= 11 is 0. The summed E-state index contributed by atoms with van der Waals surface area (Å²) in [5.41, 5.74) is 1.32. The van der Waals surface area contributed by atoms with Crippen LogP contribution in [0.1, 0.15) is 53.1 Å². The third-order valence-electron chi connectivity index (χ3n) is 3.59. The Morgan fingerprint density at radius 3 is 2.38 bits per heavy atom. The molecular weight excluding hydrogens is 308 g/mol. The lowest BCUT2D eigenvalue weighted by Crippen LogP contribution is -2.45. The van der Waals surface area contributed by atoms with E-state index in [9.17, 15) is 9.59 Å². The van der Waals surface area contributed by atoms with Crippen molar-refractivity contribution in [1.82, 2.24) is 9.88 Å². The van der Waals surface area contributed by atoms with Gasteiger partial charge in [-0.25, -0.2) is 9.78 Å². The van der Waals surface area contributed by atoms with Gasteiger partial charge < -0.3 is 14.1 Å². The fraction of sp³-hybridized carbons (Fsp3) is 0.389. The first-order valence-electron chi connectivity index (χ1n) is 7.63. The molecule has 2 aromatic rings. The second-order valence-electron chi connectivity index (χ2n) is 6.55. The number of esters is 1. The average Bonchev–Trinajstić information content (AvgIpc) is 2.99. The maximum absolute atomic E-state index is 12.9. The lowest BCUT2D eigenvalue weighted by atomic mass is 10.0. The first-order valence-corrected chi connectivity index (χ1v) is 7.63. The zero-order chi connectivity index (χ0) is 17.9. The molecule has 128 valence electrons. The first kappa shape index (κ1) is 17.7. The molecule has 0 saturated carbocycles. The highest BCUT2D eigenvalue weighted by Gasteiger charge is 2.29. The van der Waals surface area contributed by atoms with Gasteiger partial charge in [0.05, 0.1) is 13.7 Å². The van der Waals surface area contributed by atoms with Gasteiger partial charge in [0.2, 0.25) is 5.89 Å². The summed E-state index contributed by atoms with van der Waals surface area (Å²) < 4.78 is 9.92. The number of hydrogen-bond acceptors (Lipinski definition) is 5. The number of hydrogen-bond donors (Lipinski definition) is 0. The van der Waals surface area contributed by atoms with Crippen LogP contribution in [-0.4, -0.2) is 34.4 Å². The van der Waals surface area contributed by atoms with Crippen molar-refractivity contribution in [3.05, 3.63) is 53.2 Å². The summed E-state index contributed by atoms with van der Waals surface area (Å²) in [6, 6.07) is 7.39.